The first-order valence-corrected chi connectivity index (χ1v) is 5.86. The minimum Gasteiger partial charge on any atom is -0.393 e. The summed E-state index contributed by atoms with van der Waals surface area (Å²) in [7, 11) is 0. The van der Waals surface area contributed by atoms with Crippen LogP contribution in [0.15, 0.2) is 18.2 Å². The average Bonchev–Trinajstić information content (AvgIpc) is 2.26. The number of hydrogen-bond acceptors (Lipinski definition) is 2. The lowest BCUT2D eigenvalue weighted by Gasteiger charge is -2.31. The lowest BCUT2D eigenvalue weighted by Crippen LogP contribution is -2.38. The van der Waals surface area contributed by atoms with Crippen molar-refractivity contribution in [1.29, 1.82) is 0 Å². The largest absolute Gasteiger partial charge is 0.393 e. The Balaban J connectivity index is 1.93. The van der Waals surface area contributed by atoms with Crippen molar-refractivity contribution in [3.8, 4) is 0 Å². The van der Waals surface area contributed by atoms with Gasteiger partial charge < -0.3 is 10.4 Å². The minimum absolute atomic E-state index is 0.145. The van der Waals surface area contributed by atoms with Crippen LogP contribution in [0.1, 0.15) is 23.2 Å². The summed E-state index contributed by atoms with van der Waals surface area (Å²) >= 11 is 5.70. The molecule has 1 amide bonds. The maximum atomic E-state index is 13.1. The van der Waals surface area contributed by atoms with Crippen LogP contribution in [0.25, 0.3) is 0 Å². The number of amides is 1. The fourth-order valence-electron chi connectivity index (χ4n) is 1.88. The molecular weight excluding hydrogens is 245 g/mol. The van der Waals surface area contributed by atoms with Crippen LogP contribution in [-0.2, 0) is 0 Å². The molecule has 0 unspecified atom stereocenters. The molecule has 0 aliphatic heterocycles. The number of halogens is 2. The molecule has 5 heteroatoms. The van der Waals surface area contributed by atoms with Gasteiger partial charge in [-0.3, -0.25) is 4.79 Å². The number of aliphatic hydroxyl groups is 1. The number of hydrogen-bond donors (Lipinski definition) is 2. The number of carbonyl (C=O) groups excluding carboxylic acids is 1. The van der Waals surface area contributed by atoms with Gasteiger partial charge in [0.1, 0.15) is 5.82 Å². The van der Waals surface area contributed by atoms with Gasteiger partial charge in [0.2, 0.25) is 0 Å². The number of aliphatic hydroxyl groups excluding tert-OH is 1. The molecule has 0 aromatic heterocycles. The highest BCUT2D eigenvalue weighted by atomic mass is 35.5. The Morgan fingerprint density at radius 2 is 2.24 bits per heavy atom. The molecule has 1 aliphatic carbocycles. The summed E-state index contributed by atoms with van der Waals surface area (Å²) in [5.74, 6) is -0.671. The Bertz CT molecular complexity index is 433. The molecular formula is C12H13ClFNO2. The van der Waals surface area contributed by atoms with E-state index in [4.69, 9.17) is 16.7 Å². The molecule has 0 heterocycles. The van der Waals surface area contributed by atoms with Crippen molar-refractivity contribution in [2.24, 2.45) is 5.92 Å². The third-order valence-corrected chi connectivity index (χ3v) is 3.34. The van der Waals surface area contributed by atoms with Crippen LogP contribution in [-0.4, -0.2) is 23.7 Å². The summed E-state index contributed by atoms with van der Waals surface area (Å²) < 4.78 is 13.1. The van der Waals surface area contributed by atoms with Crippen LogP contribution < -0.4 is 5.32 Å². The van der Waals surface area contributed by atoms with Gasteiger partial charge in [0.25, 0.3) is 5.91 Å². The van der Waals surface area contributed by atoms with Gasteiger partial charge in [0.05, 0.1) is 16.7 Å². The molecule has 2 N–H and O–H groups in total. The molecule has 1 aliphatic rings. The maximum absolute atomic E-state index is 13.1. The molecule has 0 atom stereocenters. The fraction of sp³-hybridized carbons (Fsp3) is 0.417. The summed E-state index contributed by atoms with van der Waals surface area (Å²) in [6.07, 6.45) is 1.17. The summed E-state index contributed by atoms with van der Waals surface area (Å²) in [5, 5.41) is 11.6. The quantitative estimate of drug-likeness (QED) is 0.870. The van der Waals surface area contributed by atoms with E-state index in [1.807, 2.05) is 0 Å². The van der Waals surface area contributed by atoms with Gasteiger partial charge in [-0.15, -0.1) is 0 Å². The highest BCUT2D eigenvalue weighted by Gasteiger charge is 2.27. The summed E-state index contributed by atoms with van der Waals surface area (Å²) in [6.45, 7) is 0.489. The maximum Gasteiger partial charge on any atom is 0.252 e. The normalized spacial score (nSPS) is 23.0. The first-order chi connectivity index (χ1) is 8.08. The Kier molecular flexibility index (Phi) is 3.64. The average molecular weight is 258 g/mol. The van der Waals surface area contributed by atoms with Crippen LogP contribution >= 0.6 is 11.6 Å². The number of carbonyl (C=O) groups is 1. The monoisotopic (exact) mass is 257 g/mol. The second-order valence-electron chi connectivity index (χ2n) is 4.30. The van der Waals surface area contributed by atoms with Gasteiger partial charge in [0, 0.05) is 6.54 Å². The predicted octanol–water partition coefficient (Wildman–Crippen LogP) is 1.98. The van der Waals surface area contributed by atoms with Crippen molar-refractivity contribution < 1.29 is 14.3 Å². The molecule has 1 aromatic carbocycles. The van der Waals surface area contributed by atoms with E-state index in [0.29, 0.717) is 25.3 Å². The summed E-state index contributed by atoms with van der Waals surface area (Å²) in [5.41, 5.74) is 0.145. The Labute approximate surface area is 104 Å². The van der Waals surface area contributed by atoms with Crippen LogP contribution in [0.2, 0.25) is 5.02 Å². The molecule has 1 aromatic rings. The van der Waals surface area contributed by atoms with E-state index in [1.165, 1.54) is 18.2 Å². The van der Waals surface area contributed by atoms with E-state index in [1.54, 1.807) is 0 Å². The SMILES string of the molecule is O=C(NCC1CC(O)C1)c1cccc(F)c1Cl. The Morgan fingerprint density at radius 3 is 2.88 bits per heavy atom. The highest BCUT2D eigenvalue weighted by molar-refractivity contribution is 6.34. The molecule has 3 nitrogen and oxygen atoms in total. The van der Waals surface area contributed by atoms with Gasteiger partial charge >= 0.3 is 0 Å². The lowest BCUT2D eigenvalue weighted by atomic mass is 9.82. The van der Waals surface area contributed by atoms with Crippen molar-refractivity contribution in [3.63, 3.8) is 0 Å². The molecule has 0 spiro atoms. The third kappa shape index (κ3) is 2.76. The first kappa shape index (κ1) is 12.3. The number of benzene rings is 1. The Morgan fingerprint density at radius 1 is 1.53 bits per heavy atom. The molecule has 0 bridgehead atoms. The molecule has 0 saturated heterocycles. The van der Waals surface area contributed by atoms with E-state index >= 15 is 0 Å². The van der Waals surface area contributed by atoms with Crippen molar-refractivity contribution in [2.45, 2.75) is 18.9 Å². The second kappa shape index (κ2) is 5.02. The van der Waals surface area contributed by atoms with E-state index < -0.39 is 5.82 Å². The predicted molar refractivity (Wildman–Crippen MR) is 62.5 cm³/mol. The van der Waals surface area contributed by atoms with Gasteiger partial charge in [-0.1, -0.05) is 17.7 Å². The van der Waals surface area contributed by atoms with Gasteiger partial charge in [-0.2, -0.15) is 0 Å². The third-order valence-electron chi connectivity index (χ3n) is 2.96. The fourth-order valence-corrected chi connectivity index (χ4v) is 2.09. The highest BCUT2D eigenvalue weighted by Crippen LogP contribution is 2.26. The molecule has 2 rings (SSSR count). The molecule has 1 fully saturated rings. The van der Waals surface area contributed by atoms with E-state index in [9.17, 15) is 9.18 Å². The van der Waals surface area contributed by atoms with Crippen molar-refractivity contribution in [2.75, 3.05) is 6.54 Å². The van der Waals surface area contributed by atoms with Gasteiger partial charge in [0.15, 0.2) is 0 Å². The topological polar surface area (TPSA) is 49.3 Å². The zero-order chi connectivity index (χ0) is 12.4. The molecule has 1 saturated carbocycles. The summed E-state index contributed by atoms with van der Waals surface area (Å²) in [6, 6.07) is 4.14. The Hall–Kier alpha value is -1.13. The van der Waals surface area contributed by atoms with Crippen molar-refractivity contribution in [1.82, 2.24) is 5.32 Å². The number of nitrogens with one attached hydrogen (secondary N) is 1. The van der Waals surface area contributed by atoms with Crippen LogP contribution in [0.3, 0.4) is 0 Å². The van der Waals surface area contributed by atoms with Crippen LogP contribution in [0, 0.1) is 11.7 Å². The molecule has 0 radical (unpaired) electrons. The molecule has 17 heavy (non-hydrogen) atoms. The lowest BCUT2D eigenvalue weighted by molar-refractivity contribution is 0.0420. The van der Waals surface area contributed by atoms with Crippen molar-refractivity contribution >= 4 is 17.5 Å². The van der Waals surface area contributed by atoms with E-state index in [-0.39, 0.29) is 22.6 Å². The second-order valence-corrected chi connectivity index (χ2v) is 4.68. The van der Waals surface area contributed by atoms with Crippen LogP contribution in [0.4, 0.5) is 4.39 Å². The number of rotatable bonds is 3. The van der Waals surface area contributed by atoms with E-state index in [2.05, 4.69) is 5.32 Å². The zero-order valence-corrected chi connectivity index (χ0v) is 9.88. The van der Waals surface area contributed by atoms with Gasteiger partial charge in [-0.25, -0.2) is 4.39 Å². The first-order valence-electron chi connectivity index (χ1n) is 5.48. The molecule has 92 valence electrons. The van der Waals surface area contributed by atoms with E-state index in [0.717, 1.165) is 0 Å². The zero-order valence-electron chi connectivity index (χ0n) is 9.12. The smallest absolute Gasteiger partial charge is 0.252 e. The standard InChI is InChI=1S/C12H13ClFNO2/c13-11-9(2-1-3-10(11)14)12(17)15-6-7-4-8(16)5-7/h1-3,7-8,16H,4-6H2,(H,15,17). The minimum atomic E-state index is -0.599. The van der Waals surface area contributed by atoms with Gasteiger partial charge in [-0.05, 0) is 30.9 Å². The summed E-state index contributed by atoms with van der Waals surface area (Å²) in [4.78, 5) is 11.7. The van der Waals surface area contributed by atoms with Crippen molar-refractivity contribution in [3.05, 3.63) is 34.6 Å². The van der Waals surface area contributed by atoms with Crippen LogP contribution in [0.5, 0.6) is 0 Å².